The first-order valence-electron chi connectivity index (χ1n) is 5.60. The second-order valence-electron chi connectivity index (χ2n) is 4.37. The van der Waals surface area contributed by atoms with Gasteiger partial charge in [0.05, 0.1) is 5.69 Å². The molecule has 0 aromatic heterocycles. The molecule has 0 radical (unpaired) electrons. The zero-order chi connectivity index (χ0) is 11.1. The number of rotatable bonds is 1. The van der Waals surface area contributed by atoms with Crippen LogP contribution in [0.1, 0.15) is 39.9 Å². The highest BCUT2D eigenvalue weighted by Crippen LogP contribution is 2.39. The van der Waals surface area contributed by atoms with Crippen molar-refractivity contribution in [1.29, 1.82) is 0 Å². The highest BCUT2D eigenvalue weighted by molar-refractivity contribution is 6.02. The van der Waals surface area contributed by atoms with Crippen molar-refractivity contribution in [1.82, 2.24) is 0 Å². The van der Waals surface area contributed by atoms with Gasteiger partial charge in [0.1, 0.15) is 0 Å². The SMILES string of the molecule is O=C=Nc1c2c(cc3c1CCC3=O)CCC2. The molecule has 0 bridgehead atoms. The number of carbonyl (C=O) groups is 1. The number of carbonyl (C=O) groups excluding carboxylic acids is 2. The first-order valence-corrected chi connectivity index (χ1v) is 5.60. The summed E-state index contributed by atoms with van der Waals surface area (Å²) in [6, 6.07) is 2.01. The van der Waals surface area contributed by atoms with E-state index in [4.69, 9.17) is 0 Å². The van der Waals surface area contributed by atoms with E-state index >= 15 is 0 Å². The van der Waals surface area contributed by atoms with Crippen LogP contribution in [-0.4, -0.2) is 11.9 Å². The Labute approximate surface area is 93.2 Å². The predicted molar refractivity (Wildman–Crippen MR) is 58.9 cm³/mol. The number of aryl methyl sites for hydroxylation is 1. The molecule has 0 atom stereocenters. The smallest absolute Gasteiger partial charge is 0.240 e. The van der Waals surface area contributed by atoms with Crippen LogP contribution in [0.5, 0.6) is 0 Å². The maximum Gasteiger partial charge on any atom is 0.240 e. The van der Waals surface area contributed by atoms with Gasteiger partial charge in [-0.3, -0.25) is 4.79 Å². The van der Waals surface area contributed by atoms with Gasteiger partial charge in [-0.05, 0) is 48.4 Å². The molecule has 3 nitrogen and oxygen atoms in total. The summed E-state index contributed by atoms with van der Waals surface area (Å²) in [6.07, 6.45) is 5.96. The van der Waals surface area contributed by atoms with E-state index in [0.29, 0.717) is 6.42 Å². The average molecular weight is 213 g/mol. The Morgan fingerprint density at radius 2 is 2.00 bits per heavy atom. The van der Waals surface area contributed by atoms with Gasteiger partial charge in [0.2, 0.25) is 6.08 Å². The summed E-state index contributed by atoms with van der Waals surface area (Å²) in [5.74, 6) is 0.187. The molecule has 1 aromatic rings. The average Bonchev–Trinajstić information content (AvgIpc) is 2.87. The lowest BCUT2D eigenvalue weighted by Gasteiger charge is -2.08. The molecular formula is C13H11NO2. The normalized spacial score (nSPS) is 16.9. The number of aliphatic imine (C=N–C) groups is 1. The number of nitrogens with zero attached hydrogens (tertiary/aromatic N) is 1. The minimum atomic E-state index is 0.187. The van der Waals surface area contributed by atoms with Gasteiger partial charge in [0.15, 0.2) is 5.78 Å². The van der Waals surface area contributed by atoms with Gasteiger partial charge < -0.3 is 0 Å². The Hall–Kier alpha value is -1.73. The van der Waals surface area contributed by atoms with Crippen LogP contribution in [0.2, 0.25) is 0 Å². The van der Waals surface area contributed by atoms with E-state index in [1.807, 2.05) is 6.07 Å². The molecule has 0 heterocycles. The van der Waals surface area contributed by atoms with Crippen molar-refractivity contribution in [3.05, 3.63) is 28.3 Å². The first kappa shape index (κ1) is 9.49. The van der Waals surface area contributed by atoms with E-state index in [1.165, 1.54) is 5.56 Å². The molecule has 0 spiro atoms. The predicted octanol–water partition coefficient (Wildman–Crippen LogP) is 2.27. The van der Waals surface area contributed by atoms with Crippen molar-refractivity contribution in [2.24, 2.45) is 4.99 Å². The molecule has 0 aliphatic heterocycles. The zero-order valence-electron chi connectivity index (χ0n) is 8.88. The van der Waals surface area contributed by atoms with Crippen molar-refractivity contribution >= 4 is 17.6 Å². The third-order valence-electron chi connectivity index (χ3n) is 3.54. The Kier molecular flexibility index (Phi) is 2.01. The Morgan fingerprint density at radius 1 is 1.12 bits per heavy atom. The molecule has 16 heavy (non-hydrogen) atoms. The van der Waals surface area contributed by atoms with E-state index in [9.17, 15) is 9.59 Å². The molecule has 0 unspecified atom stereocenters. The lowest BCUT2D eigenvalue weighted by Crippen LogP contribution is -1.95. The van der Waals surface area contributed by atoms with Gasteiger partial charge in [-0.15, -0.1) is 0 Å². The number of hydrogen-bond donors (Lipinski definition) is 0. The van der Waals surface area contributed by atoms with E-state index in [0.717, 1.165) is 48.1 Å². The molecule has 3 heteroatoms. The van der Waals surface area contributed by atoms with Crippen LogP contribution in [0.3, 0.4) is 0 Å². The van der Waals surface area contributed by atoms with E-state index < -0.39 is 0 Å². The Bertz CT molecular complexity index is 539. The molecule has 2 aliphatic carbocycles. The van der Waals surface area contributed by atoms with Gasteiger partial charge in [-0.2, -0.15) is 4.99 Å². The van der Waals surface area contributed by atoms with Gasteiger partial charge >= 0.3 is 0 Å². The van der Waals surface area contributed by atoms with Crippen molar-refractivity contribution in [2.75, 3.05) is 0 Å². The van der Waals surface area contributed by atoms with Gasteiger partial charge in [-0.25, -0.2) is 4.79 Å². The zero-order valence-corrected chi connectivity index (χ0v) is 8.88. The summed E-state index contributed by atoms with van der Waals surface area (Å²) < 4.78 is 0. The second kappa shape index (κ2) is 3.39. The standard InChI is InChI=1S/C13H11NO2/c15-7-14-13-9-3-1-2-8(9)6-11-10(13)4-5-12(11)16/h6H,1-5H2. The maximum absolute atomic E-state index is 11.7. The van der Waals surface area contributed by atoms with E-state index in [2.05, 4.69) is 4.99 Å². The van der Waals surface area contributed by atoms with E-state index in [1.54, 1.807) is 6.08 Å². The molecular weight excluding hydrogens is 202 g/mol. The summed E-state index contributed by atoms with van der Waals surface area (Å²) in [7, 11) is 0. The van der Waals surface area contributed by atoms with Crippen LogP contribution in [0.25, 0.3) is 0 Å². The highest BCUT2D eigenvalue weighted by atomic mass is 16.1. The Balaban J connectivity index is 2.32. The number of Topliss-reactive ketones (excluding diaryl/α,β-unsaturated/α-hetero) is 1. The molecule has 0 fully saturated rings. The van der Waals surface area contributed by atoms with Crippen molar-refractivity contribution in [3.8, 4) is 0 Å². The topological polar surface area (TPSA) is 46.5 Å². The molecule has 2 aliphatic rings. The summed E-state index contributed by atoms with van der Waals surface area (Å²) in [6.45, 7) is 0. The molecule has 0 saturated carbocycles. The van der Waals surface area contributed by atoms with Gasteiger partial charge in [-0.1, -0.05) is 0 Å². The largest absolute Gasteiger partial charge is 0.294 e. The lowest BCUT2D eigenvalue weighted by atomic mass is 9.99. The summed E-state index contributed by atoms with van der Waals surface area (Å²) in [4.78, 5) is 26.0. The summed E-state index contributed by atoms with van der Waals surface area (Å²) in [5, 5.41) is 0. The number of ketones is 1. The fourth-order valence-corrected chi connectivity index (χ4v) is 2.82. The highest BCUT2D eigenvalue weighted by Gasteiger charge is 2.28. The quantitative estimate of drug-likeness (QED) is 0.530. The van der Waals surface area contributed by atoms with Crippen LogP contribution in [-0.2, 0) is 24.1 Å². The monoisotopic (exact) mass is 213 g/mol. The summed E-state index contributed by atoms with van der Waals surface area (Å²) in [5.41, 5.74) is 4.86. The fourth-order valence-electron chi connectivity index (χ4n) is 2.82. The van der Waals surface area contributed by atoms with Crippen LogP contribution >= 0.6 is 0 Å². The third kappa shape index (κ3) is 1.18. The molecule has 80 valence electrons. The number of benzene rings is 1. The van der Waals surface area contributed by atoms with Crippen molar-refractivity contribution in [3.63, 3.8) is 0 Å². The molecule has 0 amide bonds. The van der Waals surface area contributed by atoms with Gasteiger partial charge in [0.25, 0.3) is 0 Å². The van der Waals surface area contributed by atoms with Gasteiger partial charge in [0, 0.05) is 12.0 Å². The third-order valence-corrected chi connectivity index (χ3v) is 3.54. The second-order valence-corrected chi connectivity index (χ2v) is 4.37. The lowest BCUT2D eigenvalue weighted by molar-refractivity contribution is 0.0994. The van der Waals surface area contributed by atoms with Crippen LogP contribution < -0.4 is 0 Å². The Morgan fingerprint density at radius 3 is 2.81 bits per heavy atom. The van der Waals surface area contributed by atoms with Crippen LogP contribution in [0.4, 0.5) is 5.69 Å². The minimum Gasteiger partial charge on any atom is -0.294 e. The maximum atomic E-state index is 11.7. The first-order chi connectivity index (χ1) is 7.81. The van der Waals surface area contributed by atoms with Crippen molar-refractivity contribution < 1.29 is 9.59 Å². The summed E-state index contributed by atoms with van der Waals surface area (Å²) >= 11 is 0. The molecule has 0 saturated heterocycles. The van der Waals surface area contributed by atoms with E-state index in [-0.39, 0.29) is 5.78 Å². The molecule has 3 rings (SSSR count). The number of isocyanates is 1. The molecule has 1 aromatic carbocycles. The minimum absolute atomic E-state index is 0.187. The van der Waals surface area contributed by atoms with Crippen LogP contribution in [0.15, 0.2) is 11.1 Å². The van der Waals surface area contributed by atoms with Crippen LogP contribution in [0, 0.1) is 0 Å². The number of hydrogen-bond acceptors (Lipinski definition) is 3. The molecule has 0 N–H and O–H groups in total. The fraction of sp³-hybridized carbons (Fsp3) is 0.385. The van der Waals surface area contributed by atoms with Crippen molar-refractivity contribution in [2.45, 2.75) is 32.1 Å². The number of fused-ring (bicyclic) bond motifs is 2.